The molecule has 0 amide bonds. The lowest BCUT2D eigenvalue weighted by atomic mass is 10.3. The minimum Gasteiger partial charge on any atom is -0.353 e. The van der Waals surface area contributed by atoms with E-state index in [0.29, 0.717) is 18.1 Å². The van der Waals surface area contributed by atoms with Crippen molar-refractivity contribution in [2.75, 3.05) is 37.6 Å². The van der Waals surface area contributed by atoms with Crippen molar-refractivity contribution in [3.05, 3.63) is 59.0 Å². The Morgan fingerprint density at radius 2 is 1.89 bits per heavy atom. The van der Waals surface area contributed by atoms with Gasteiger partial charge in [-0.3, -0.25) is 9.69 Å². The molecule has 1 fully saturated rings. The second-order valence-corrected chi connectivity index (χ2v) is 6.40. The van der Waals surface area contributed by atoms with Crippen molar-refractivity contribution in [2.45, 2.75) is 6.54 Å². The summed E-state index contributed by atoms with van der Waals surface area (Å²) in [6, 6.07) is 6.98. The zero-order chi connectivity index (χ0) is 19.3. The summed E-state index contributed by atoms with van der Waals surface area (Å²) in [6.07, 6.45) is 6.60. The SMILES string of the molecule is N#Cc1cnc(N2CCN(CCn3nc(-n4cccn4)ccc3=O)CC2)cn1. The highest BCUT2D eigenvalue weighted by Gasteiger charge is 2.18. The molecule has 0 spiro atoms. The predicted octanol–water partition coefficient (Wildman–Crippen LogP) is -0.0871. The molecule has 3 aromatic rings. The minimum absolute atomic E-state index is 0.123. The topological polar surface area (TPSA) is 109 Å². The lowest BCUT2D eigenvalue weighted by molar-refractivity contribution is 0.242. The van der Waals surface area contributed by atoms with E-state index in [4.69, 9.17) is 5.26 Å². The van der Waals surface area contributed by atoms with Crippen LogP contribution in [0.4, 0.5) is 5.82 Å². The van der Waals surface area contributed by atoms with Crippen LogP contribution in [0, 0.1) is 11.3 Å². The van der Waals surface area contributed by atoms with Crippen LogP contribution in [-0.2, 0) is 6.54 Å². The molecular formula is C18H19N9O. The molecule has 4 heterocycles. The number of nitriles is 1. The third-order valence-electron chi connectivity index (χ3n) is 4.67. The van der Waals surface area contributed by atoms with E-state index in [1.165, 1.54) is 16.9 Å². The number of rotatable bonds is 5. The monoisotopic (exact) mass is 377 g/mol. The molecule has 142 valence electrons. The van der Waals surface area contributed by atoms with E-state index in [1.807, 2.05) is 12.1 Å². The molecule has 1 aliphatic heterocycles. The fraction of sp³-hybridized carbons (Fsp3) is 0.333. The van der Waals surface area contributed by atoms with E-state index < -0.39 is 0 Å². The zero-order valence-corrected chi connectivity index (χ0v) is 15.2. The molecule has 1 aliphatic rings. The van der Waals surface area contributed by atoms with Crippen LogP contribution in [0.3, 0.4) is 0 Å². The standard InChI is InChI=1S/C18H19N9O/c19-12-15-13-21-17(14-20-15)25-9-6-24(7-10-25)8-11-27-18(28)3-2-16(23-27)26-5-1-4-22-26/h1-5,13-14H,6-11H2. The van der Waals surface area contributed by atoms with Gasteiger partial charge in [0, 0.05) is 51.2 Å². The van der Waals surface area contributed by atoms with Crippen molar-refractivity contribution in [3.8, 4) is 11.9 Å². The minimum atomic E-state index is -0.123. The third-order valence-corrected chi connectivity index (χ3v) is 4.67. The van der Waals surface area contributed by atoms with E-state index in [0.717, 1.165) is 38.5 Å². The molecule has 0 atom stereocenters. The van der Waals surface area contributed by atoms with Crippen molar-refractivity contribution in [1.82, 2.24) is 34.4 Å². The average molecular weight is 377 g/mol. The molecule has 10 heteroatoms. The fourth-order valence-electron chi connectivity index (χ4n) is 3.10. The van der Waals surface area contributed by atoms with Crippen molar-refractivity contribution in [3.63, 3.8) is 0 Å². The highest BCUT2D eigenvalue weighted by atomic mass is 16.1. The maximum Gasteiger partial charge on any atom is 0.266 e. The normalized spacial score (nSPS) is 14.8. The largest absolute Gasteiger partial charge is 0.353 e. The highest BCUT2D eigenvalue weighted by molar-refractivity contribution is 5.37. The van der Waals surface area contributed by atoms with Gasteiger partial charge in [0.15, 0.2) is 11.5 Å². The molecule has 3 aromatic heterocycles. The Morgan fingerprint density at radius 3 is 2.57 bits per heavy atom. The van der Waals surface area contributed by atoms with Crippen molar-refractivity contribution < 1.29 is 0 Å². The number of piperazine rings is 1. The van der Waals surface area contributed by atoms with Gasteiger partial charge in [-0.05, 0) is 12.1 Å². The van der Waals surface area contributed by atoms with Crippen LogP contribution in [0.2, 0.25) is 0 Å². The van der Waals surface area contributed by atoms with Crippen molar-refractivity contribution in [1.29, 1.82) is 5.26 Å². The fourth-order valence-corrected chi connectivity index (χ4v) is 3.10. The molecule has 0 radical (unpaired) electrons. The molecule has 0 N–H and O–H groups in total. The van der Waals surface area contributed by atoms with E-state index >= 15 is 0 Å². The number of hydrogen-bond acceptors (Lipinski definition) is 8. The summed E-state index contributed by atoms with van der Waals surface area (Å²) in [5.74, 6) is 1.40. The van der Waals surface area contributed by atoms with Gasteiger partial charge in [0.1, 0.15) is 11.9 Å². The summed E-state index contributed by atoms with van der Waals surface area (Å²) in [7, 11) is 0. The number of aromatic nitrogens is 6. The zero-order valence-electron chi connectivity index (χ0n) is 15.2. The summed E-state index contributed by atoms with van der Waals surface area (Å²) < 4.78 is 3.11. The molecule has 0 bridgehead atoms. The molecule has 10 nitrogen and oxygen atoms in total. The van der Waals surface area contributed by atoms with Crippen LogP contribution in [0.1, 0.15) is 5.69 Å². The van der Waals surface area contributed by atoms with Gasteiger partial charge < -0.3 is 4.90 Å². The molecule has 0 aliphatic carbocycles. The second-order valence-electron chi connectivity index (χ2n) is 6.40. The lowest BCUT2D eigenvalue weighted by Gasteiger charge is -2.35. The molecular weight excluding hydrogens is 358 g/mol. The number of hydrogen-bond donors (Lipinski definition) is 0. The second kappa shape index (κ2) is 7.98. The number of nitrogens with zero attached hydrogens (tertiary/aromatic N) is 9. The summed E-state index contributed by atoms with van der Waals surface area (Å²) in [5.41, 5.74) is 0.195. The van der Waals surface area contributed by atoms with E-state index in [9.17, 15) is 4.79 Å². The van der Waals surface area contributed by atoms with Crippen molar-refractivity contribution >= 4 is 5.82 Å². The molecule has 0 aromatic carbocycles. The van der Waals surface area contributed by atoms with Crippen molar-refractivity contribution in [2.24, 2.45) is 0 Å². The molecule has 28 heavy (non-hydrogen) atoms. The van der Waals surface area contributed by atoms with Gasteiger partial charge >= 0.3 is 0 Å². The Kier molecular flexibility index (Phi) is 5.07. The van der Waals surface area contributed by atoms with Crippen LogP contribution in [0.5, 0.6) is 0 Å². The Bertz CT molecular complexity index is 1010. The molecule has 4 rings (SSSR count). The van der Waals surface area contributed by atoms with Gasteiger partial charge in [-0.15, -0.1) is 5.10 Å². The van der Waals surface area contributed by atoms with Gasteiger partial charge in [0.25, 0.3) is 5.56 Å². The smallest absolute Gasteiger partial charge is 0.266 e. The molecule has 0 unspecified atom stereocenters. The van der Waals surface area contributed by atoms with Gasteiger partial charge in [-0.1, -0.05) is 0 Å². The van der Waals surface area contributed by atoms with Crippen LogP contribution < -0.4 is 10.5 Å². The first kappa shape index (κ1) is 17.8. The molecule has 1 saturated heterocycles. The van der Waals surface area contributed by atoms with Crippen LogP contribution in [-0.4, -0.2) is 67.2 Å². The van der Waals surface area contributed by atoms with Gasteiger partial charge in [-0.2, -0.15) is 10.4 Å². The maximum atomic E-state index is 12.1. The highest BCUT2D eigenvalue weighted by Crippen LogP contribution is 2.12. The van der Waals surface area contributed by atoms with Crippen LogP contribution in [0.25, 0.3) is 5.82 Å². The van der Waals surface area contributed by atoms with E-state index in [2.05, 4.69) is 30.0 Å². The van der Waals surface area contributed by atoms with Gasteiger partial charge in [-0.25, -0.2) is 19.3 Å². The number of anilines is 1. The van der Waals surface area contributed by atoms with Crippen LogP contribution >= 0.6 is 0 Å². The Balaban J connectivity index is 1.34. The first-order valence-electron chi connectivity index (χ1n) is 9.00. The van der Waals surface area contributed by atoms with E-state index in [-0.39, 0.29) is 5.56 Å². The first-order chi connectivity index (χ1) is 13.7. The summed E-state index contributed by atoms with van der Waals surface area (Å²) in [4.78, 5) is 24.9. The van der Waals surface area contributed by atoms with E-state index in [1.54, 1.807) is 29.3 Å². The Labute approximate surface area is 161 Å². The predicted molar refractivity (Wildman–Crippen MR) is 101 cm³/mol. The van der Waals surface area contributed by atoms with Crippen LogP contribution in [0.15, 0.2) is 47.8 Å². The third kappa shape index (κ3) is 3.89. The Morgan fingerprint density at radius 1 is 1.04 bits per heavy atom. The Hall–Kier alpha value is -3.58. The summed E-state index contributed by atoms with van der Waals surface area (Å²) >= 11 is 0. The molecule has 0 saturated carbocycles. The summed E-state index contributed by atoms with van der Waals surface area (Å²) in [6.45, 7) is 4.60. The van der Waals surface area contributed by atoms with Gasteiger partial charge in [0.05, 0.1) is 18.9 Å². The average Bonchev–Trinajstić information content (AvgIpc) is 3.29. The maximum absolute atomic E-state index is 12.1. The lowest BCUT2D eigenvalue weighted by Crippen LogP contribution is -2.48. The summed E-state index contributed by atoms with van der Waals surface area (Å²) in [5, 5.41) is 17.4. The van der Waals surface area contributed by atoms with Gasteiger partial charge in [0.2, 0.25) is 0 Å². The first-order valence-corrected chi connectivity index (χ1v) is 9.00. The quantitative estimate of drug-likeness (QED) is 0.607.